The van der Waals surface area contributed by atoms with Crippen LogP contribution in [0, 0.1) is 0 Å². The van der Waals surface area contributed by atoms with Gasteiger partial charge in [-0.2, -0.15) is 0 Å². The van der Waals surface area contributed by atoms with Gasteiger partial charge in [0.2, 0.25) is 0 Å². The molecular formula is C17H14N2O4. The first-order chi connectivity index (χ1) is 11.1. The van der Waals surface area contributed by atoms with Crippen LogP contribution in [-0.4, -0.2) is 25.8 Å². The Bertz CT molecular complexity index is 833. The van der Waals surface area contributed by atoms with E-state index in [1.807, 2.05) is 24.3 Å². The molecule has 116 valence electrons. The monoisotopic (exact) mass is 310 g/mol. The first-order valence-electron chi connectivity index (χ1n) is 7.17. The molecule has 2 aliphatic heterocycles. The van der Waals surface area contributed by atoms with Crippen molar-refractivity contribution in [2.45, 2.75) is 6.23 Å². The summed E-state index contributed by atoms with van der Waals surface area (Å²) in [5.41, 5.74) is 2.59. The summed E-state index contributed by atoms with van der Waals surface area (Å²) in [6.07, 6.45) is -0.666. The van der Waals surface area contributed by atoms with Gasteiger partial charge in [-0.3, -0.25) is 19.6 Å². The predicted molar refractivity (Wildman–Crippen MR) is 83.5 cm³/mol. The molecule has 23 heavy (non-hydrogen) atoms. The van der Waals surface area contributed by atoms with Crippen LogP contribution in [0.4, 0.5) is 11.4 Å². The van der Waals surface area contributed by atoms with Gasteiger partial charge in [-0.25, -0.2) is 4.84 Å². The largest absolute Gasteiger partial charge is 0.497 e. The van der Waals surface area contributed by atoms with Crippen molar-refractivity contribution in [2.24, 2.45) is 0 Å². The maximum atomic E-state index is 12.5. The molecule has 6 heteroatoms. The fourth-order valence-electron chi connectivity index (χ4n) is 3.03. The average molecular weight is 310 g/mol. The van der Waals surface area contributed by atoms with E-state index < -0.39 is 17.9 Å². The Hall–Kier alpha value is -2.86. The molecule has 1 amide bonds. The van der Waals surface area contributed by atoms with Gasteiger partial charge in [0.15, 0.2) is 6.23 Å². The maximum absolute atomic E-state index is 12.5. The average Bonchev–Trinajstić information content (AvgIpc) is 3.03. The molecule has 0 aromatic heterocycles. The lowest BCUT2D eigenvalue weighted by Gasteiger charge is -2.24. The second-order valence-corrected chi connectivity index (χ2v) is 5.40. The van der Waals surface area contributed by atoms with E-state index in [2.05, 4.69) is 0 Å². The van der Waals surface area contributed by atoms with E-state index in [0.29, 0.717) is 17.0 Å². The van der Waals surface area contributed by atoms with Gasteiger partial charge < -0.3 is 4.74 Å². The summed E-state index contributed by atoms with van der Waals surface area (Å²) in [6, 6.07) is 12.5. The third kappa shape index (κ3) is 1.85. The number of benzene rings is 2. The lowest BCUT2D eigenvalue weighted by molar-refractivity contribution is -0.116. The Morgan fingerprint density at radius 2 is 1.87 bits per heavy atom. The fraction of sp³-hybridized carbons (Fsp3) is 0.176. The van der Waals surface area contributed by atoms with E-state index in [1.165, 1.54) is 4.90 Å². The first-order valence-corrected chi connectivity index (χ1v) is 7.17. The second kappa shape index (κ2) is 4.82. The predicted octanol–water partition coefficient (Wildman–Crippen LogP) is 2.30. The van der Waals surface area contributed by atoms with Crippen LogP contribution in [0.2, 0.25) is 0 Å². The molecule has 0 saturated heterocycles. The number of ether oxygens (including phenoxy) is 1. The molecule has 6 nitrogen and oxygen atoms in total. The summed E-state index contributed by atoms with van der Waals surface area (Å²) in [7, 11) is 3.31. The molecule has 0 radical (unpaired) electrons. The topological polar surface area (TPSA) is 59.1 Å². The molecule has 4 rings (SSSR count). The molecule has 0 aliphatic carbocycles. The van der Waals surface area contributed by atoms with Crippen molar-refractivity contribution < 1.29 is 19.2 Å². The minimum atomic E-state index is -0.666. The van der Waals surface area contributed by atoms with E-state index in [1.54, 1.807) is 37.4 Å². The molecule has 2 aromatic rings. The number of carbonyl (C=O) groups excluding carboxylic acids is 2. The molecular weight excluding hydrogens is 296 g/mol. The summed E-state index contributed by atoms with van der Waals surface area (Å²) in [4.78, 5) is 32.0. The summed E-state index contributed by atoms with van der Waals surface area (Å²) in [5.74, 6) is -0.544. The second-order valence-electron chi connectivity index (χ2n) is 5.40. The summed E-state index contributed by atoms with van der Waals surface area (Å²) in [5, 5.41) is 1.61. The van der Waals surface area contributed by atoms with Crippen LogP contribution >= 0.6 is 0 Å². The summed E-state index contributed by atoms with van der Waals surface area (Å²) in [6.45, 7) is 0. The van der Waals surface area contributed by atoms with Crippen molar-refractivity contribution in [1.29, 1.82) is 0 Å². The molecule has 0 spiro atoms. The molecule has 2 aliphatic rings. The van der Waals surface area contributed by atoms with Crippen molar-refractivity contribution in [3.05, 3.63) is 53.6 Å². The first kappa shape index (κ1) is 13.8. The van der Waals surface area contributed by atoms with Crippen molar-refractivity contribution in [3.63, 3.8) is 0 Å². The van der Waals surface area contributed by atoms with Gasteiger partial charge in [0.05, 0.1) is 24.0 Å². The fourth-order valence-corrected chi connectivity index (χ4v) is 3.03. The molecule has 0 saturated carbocycles. The lowest BCUT2D eigenvalue weighted by atomic mass is 10.1. The van der Waals surface area contributed by atoms with Crippen LogP contribution in [0.5, 0.6) is 5.75 Å². The molecule has 2 heterocycles. The van der Waals surface area contributed by atoms with Gasteiger partial charge in [-0.15, -0.1) is 0 Å². The quantitative estimate of drug-likeness (QED) is 0.797. The summed E-state index contributed by atoms with van der Waals surface area (Å²) >= 11 is 0. The number of hydroxylamine groups is 1. The van der Waals surface area contributed by atoms with Crippen LogP contribution in [0.25, 0.3) is 0 Å². The number of fused-ring (bicyclic) bond motifs is 2. The number of carbonyl (C=O) groups is 2. The zero-order chi connectivity index (χ0) is 16.1. The third-order valence-electron chi connectivity index (χ3n) is 4.16. The number of Topliss-reactive ketones (excluding diaryl/α,β-unsaturated/α-hetero) is 1. The van der Waals surface area contributed by atoms with Gasteiger partial charge in [0, 0.05) is 18.7 Å². The van der Waals surface area contributed by atoms with Crippen molar-refractivity contribution in [2.75, 3.05) is 24.1 Å². The molecule has 0 fully saturated rings. The highest BCUT2D eigenvalue weighted by Gasteiger charge is 2.44. The van der Waals surface area contributed by atoms with E-state index >= 15 is 0 Å². The number of anilines is 2. The zero-order valence-electron chi connectivity index (χ0n) is 12.6. The molecule has 0 N–H and O–H groups in total. The minimum Gasteiger partial charge on any atom is -0.497 e. The van der Waals surface area contributed by atoms with E-state index in [0.717, 1.165) is 11.3 Å². The lowest BCUT2D eigenvalue weighted by Crippen LogP contribution is -2.35. The Kier molecular flexibility index (Phi) is 2.89. The third-order valence-corrected chi connectivity index (χ3v) is 4.16. The molecule has 1 unspecified atom stereocenters. The normalized spacial score (nSPS) is 19.1. The van der Waals surface area contributed by atoms with Crippen LogP contribution in [0.1, 0.15) is 22.1 Å². The van der Waals surface area contributed by atoms with Crippen molar-refractivity contribution in [1.82, 2.24) is 0 Å². The van der Waals surface area contributed by atoms with Crippen molar-refractivity contribution in [3.8, 4) is 5.75 Å². The molecule has 1 atom stereocenters. The molecule has 2 aromatic carbocycles. The van der Waals surface area contributed by atoms with Crippen LogP contribution < -0.4 is 14.7 Å². The standard InChI is InChI=1S/C17H14N2O4/c1-18-13-6-4-3-5-12(13)17(23-18)19-14-9-10(22-2)7-8-11(14)15(20)16(19)21/h3-9,17H,1-2H3. The molecule has 0 bridgehead atoms. The number of methoxy groups -OCH3 is 1. The van der Waals surface area contributed by atoms with Gasteiger partial charge in [-0.05, 0) is 18.2 Å². The van der Waals surface area contributed by atoms with Gasteiger partial charge in [-0.1, -0.05) is 18.2 Å². The Labute approximate surface area is 132 Å². The smallest absolute Gasteiger partial charge is 0.301 e. The minimum absolute atomic E-state index is 0.367. The Balaban J connectivity index is 1.85. The van der Waals surface area contributed by atoms with Gasteiger partial charge in [0.1, 0.15) is 5.75 Å². The number of ketones is 1. The number of nitrogens with zero attached hydrogens (tertiary/aromatic N) is 2. The highest BCUT2D eigenvalue weighted by molar-refractivity contribution is 6.52. The van der Waals surface area contributed by atoms with E-state index in [9.17, 15) is 9.59 Å². The zero-order valence-corrected chi connectivity index (χ0v) is 12.6. The maximum Gasteiger partial charge on any atom is 0.301 e. The van der Waals surface area contributed by atoms with Crippen LogP contribution in [0.15, 0.2) is 42.5 Å². The highest BCUT2D eigenvalue weighted by Crippen LogP contribution is 2.44. The Morgan fingerprint density at radius 3 is 2.65 bits per heavy atom. The number of hydrogen-bond donors (Lipinski definition) is 0. The summed E-state index contributed by atoms with van der Waals surface area (Å²) < 4.78 is 5.21. The number of hydrogen-bond acceptors (Lipinski definition) is 5. The number of para-hydroxylation sites is 1. The van der Waals surface area contributed by atoms with Crippen LogP contribution in [0.3, 0.4) is 0 Å². The highest BCUT2D eigenvalue weighted by atomic mass is 16.7. The van der Waals surface area contributed by atoms with Crippen LogP contribution in [-0.2, 0) is 9.63 Å². The van der Waals surface area contributed by atoms with Gasteiger partial charge in [0.25, 0.3) is 5.78 Å². The number of amides is 1. The van der Waals surface area contributed by atoms with E-state index in [-0.39, 0.29) is 0 Å². The number of rotatable bonds is 2. The Morgan fingerprint density at radius 1 is 1.09 bits per heavy atom. The van der Waals surface area contributed by atoms with E-state index in [4.69, 9.17) is 9.57 Å². The van der Waals surface area contributed by atoms with Gasteiger partial charge >= 0.3 is 5.91 Å². The SMILES string of the molecule is COc1ccc2c(c1)N(C1ON(C)c3ccccc31)C(=O)C2=O. The van der Waals surface area contributed by atoms with Crippen molar-refractivity contribution >= 4 is 23.1 Å².